The highest BCUT2D eigenvalue weighted by molar-refractivity contribution is 6.03. The van der Waals surface area contributed by atoms with E-state index >= 15 is 0 Å². The Bertz CT molecular complexity index is 1510. The number of carbonyl (C=O) groups excluding carboxylic acids is 1. The highest BCUT2D eigenvalue weighted by atomic mass is 16.4. The largest absolute Gasteiger partial charge is 0.478 e. The molecule has 1 aliphatic heterocycles. The number of hydrogen-bond acceptors (Lipinski definition) is 4. The Kier molecular flexibility index (Phi) is 6.38. The lowest BCUT2D eigenvalue weighted by atomic mass is 9.86. The standard InChI is InChI=1S/C28H31N3O4/c1-15-10-20-24(13-22(15)30(4)5)35-25-14-23(31(6)7)16(2)11-21(25)26(20)19-12-17(27(32)29-3)8-9-18(19)28(33)34/h8-15,22H,1-7H3,(H-,29,32,33,34)/p+1. The van der Waals surface area contributed by atoms with Crippen molar-refractivity contribution in [2.75, 3.05) is 35.2 Å². The number of fused-ring (bicyclic) bond motifs is 2. The molecule has 0 spiro atoms. The maximum Gasteiger partial charge on any atom is 0.336 e. The van der Waals surface area contributed by atoms with Crippen molar-refractivity contribution in [1.29, 1.82) is 0 Å². The van der Waals surface area contributed by atoms with Crippen LogP contribution in [-0.2, 0) is 0 Å². The molecule has 1 heterocycles. The summed E-state index contributed by atoms with van der Waals surface area (Å²) in [6, 6.07) is 8.88. The lowest BCUT2D eigenvalue weighted by Gasteiger charge is -2.28. The lowest BCUT2D eigenvalue weighted by molar-refractivity contribution is 0.0697. The second-order valence-electron chi connectivity index (χ2n) is 9.58. The van der Waals surface area contributed by atoms with E-state index in [4.69, 9.17) is 4.42 Å². The number of aromatic carboxylic acids is 1. The molecule has 2 aliphatic carbocycles. The summed E-state index contributed by atoms with van der Waals surface area (Å²) in [6.07, 6.45) is 4.24. The van der Waals surface area contributed by atoms with E-state index in [1.54, 1.807) is 19.2 Å². The first-order valence-electron chi connectivity index (χ1n) is 11.6. The first kappa shape index (κ1) is 24.4. The van der Waals surface area contributed by atoms with E-state index in [2.05, 4.69) is 29.3 Å². The van der Waals surface area contributed by atoms with Gasteiger partial charge in [-0.1, -0.05) is 13.0 Å². The monoisotopic (exact) mass is 474 g/mol. The number of amides is 1. The number of carboxylic acid groups (broad SMARTS) is 1. The maximum absolute atomic E-state index is 12.5. The van der Waals surface area contributed by atoms with E-state index in [-0.39, 0.29) is 23.4 Å². The topological polar surface area (TPSA) is 85.8 Å². The number of aryl methyl sites for hydroxylation is 1. The van der Waals surface area contributed by atoms with Crippen LogP contribution in [0, 0.1) is 12.8 Å². The summed E-state index contributed by atoms with van der Waals surface area (Å²) < 4.78 is 8.48. The summed E-state index contributed by atoms with van der Waals surface area (Å²) in [5.74, 6) is -0.496. The molecule has 182 valence electrons. The van der Waals surface area contributed by atoms with Crippen molar-refractivity contribution in [2.24, 2.45) is 5.92 Å². The van der Waals surface area contributed by atoms with Crippen molar-refractivity contribution < 1.29 is 19.1 Å². The highest BCUT2D eigenvalue weighted by Crippen LogP contribution is 2.33. The van der Waals surface area contributed by atoms with Gasteiger partial charge in [0.05, 0.1) is 11.6 Å². The molecule has 0 fully saturated rings. The number of hydrogen-bond donors (Lipinski definition) is 2. The van der Waals surface area contributed by atoms with E-state index in [1.165, 1.54) is 6.07 Å². The molecule has 0 radical (unpaired) electrons. The third-order valence-electron chi connectivity index (χ3n) is 6.70. The fraction of sp³-hybridized carbons (Fsp3) is 0.321. The Hall–Kier alpha value is -3.71. The van der Waals surface area contributed by atoms with Gasteiger partial charge in [-0.05, 0) is 62.8 Å². The highest BCUT2D eigenvalue weighted by Gasteiger charge is 2.26. The van der Waals surface area contributed by atoms with Gasteiger partial charge in [-0.15, -0.1) is 0 Å². The molecular weight excluding hydrogens is 442 g/mol. The molecule has 2 N–H and O–H groups in total. The third-order valence-corrected chi connectivity index (χ3v) is 6.70. The Labute approximate surface area is 204 Å². The molecule has 3 aliphatic rings. The molecule has 0 saturated heterocycles. The predicted molar refractivity (Wildman–Crippen MR) is 138 cm³/mol. The summed E-state index contributed by atoms with van der Waals surface area (Å²) in [6.45, 7) is 4.16. The normalized spacial score (nSPS) is 16.9. The van der Waals surface area contributed by atoms with Crippen molar-refractivity contribution in [3.8, 4) is 22.5 Å². The first-order valence-corrected chi connectivity index (χ1v) is 11.6. The van der Waals surface area contributed by atoms with Crippen LogP contribution in [0.4, 0.5) is 0 Å². The minimum absolute atomic E-state index is 0.131. The van der Waals surface area contributed by atoms with Crippen LogP contribution >= 0.6 is 0 Å². The van der Waals surface area contributed by atoms with Gasteiger partial charge in [0.2, 0.25) is 5.36 Å². The van der Waals surface area contributed by atoms with Crippen molar-refractivity contribution in [2.45, 2.75) is 19.9 Å². The van der Waals surface area contributed by atoms with Crippen molar-refractivity contribution in [3.05, 3.63) is 63.0 Å². The SMILES string of the molecule is CNC(=O)c1ccc(C(=O)O)c(-c2c3cc(C)c(=[N+](C)C)cc-3oc3c2=CC(C)C(N(C)C)C=3)c1. The zero-order valence-corrected chi connectivity index (χ0v) is 21.3. The molecule has 4 rings (SSSR count). The number of nitrogens with one attached hydrogen (secondary N) is 1. The summed E-state index contributed by atoms with van der Waals surface area (Å²) in [4.78, 5) is 26.9. The zero-order chi connectivity index (χ0) is 25.6. The number of carboxylic acids is 1. The minimum atomic E-state index is -1.05. The van der Waals surface area contributed by atoms with Crippen molar-refractivity contribution in [3.63, 3.8) is 0 Å². The molecule has 35 heavy (non-hydrogen) atoms. The second kappa shape index (κ2) is 9.15. The van der Waals surface area contributed by atoms with Gasteiger partial charge >= 0.3 is 5.97 Å². The van der Waals surface area contributed by atoms with Gasteiger partial charge in [0.1, 0.15) is 25.3 Å². The van der Waals surface area contributed by atoms with E-state index in [1.807, 2.05) is 51.8 Å². The van der Waals surface area contributed by atoms with Gasteiger partial charge in [-0.25, -0.2) is 9.37 Å². The van der Waals surface area contributed by atoms with E-state index in [0.29, 0.717) is 22.3 Å². The zero-order valence-electron chi connectivity index (χ0n) is 21.3. The number of carbonyl (C=O) groups is 2. The van der Waals surface area contributed by atoms with Crippen molar-refractivity contribution in [1.82, 2.24) is 14.8 Å². The third kappa shape index (κ3) is 4.28. The van der Waals surface area contributed by atoms with Crippen LogP contribution in [0.1, 0.15) is 33.2 Å². The average Bonchev–Trinajstić information content (AvgIpc) is 2.80. The maximum atomic E-state index is 12.5. The van der Waals surface area contributed by atoms with Crippen molar-refractivity contribution >= 4 is 24.0 Å². The number of rotatable bonds is 4. The summed E-state index contributed by atoms with van der Waals surface area (Å²) in [5.41, 5.74) is 4.33. The second-order valence-corrected chi connectivity index (χ2v) is 9.58. The van der Waals surface area contributed by atoms with Crippen LogP contribution in [0.3, 0.4) is 0 Å². The van der Waals surface area contributed by atoms with Crippen LogP contribution in [0.2, 0.25) is 0 Å². The Balaban J connectivity index is 2.24. The fourth-order valence-corrected chi connectivity index (χ4v) is 4.97. The minimum Gasteiger partial charge on any atom is -0.478 e. The van der Waals surface area contributed by atoms with E-state index < -0.39 is 5.97 Å². The Morgan fingerprint density at radius 2 is 1.80 bits per heavy atom. The Morgan fingerprint density at radius 3 is 2.40 bits per heavy atom. The van der Waals surface area contributed by atoms with Gasteiger partial charge in [0.25, 0.3) is 5.91 Å². The molecule has 2 unspecified atom stereocenters. The van der Waals surface area contributed by atoms with Gasteiger partial charge < -0.3 is 19.7 Å². The van der Waals surface area contributed by atoms with Crippen LogP contribution in [0.5, 0.6) is 0 Å². The van der Waals surface area contributed by atoms with E-state index in [0.717, 1.165) is 27.3 Å². The van der Waals surface area contributed by atoms with E-state index in [9.17, 15) is 14.7 Å². The number of nitrogens with zero attached hydrogens (tertiary/aromatic N) is 2. The Morgan fingerprint density at radius 1 is 1.09 bits per heavy atom. The summed E-state index contributed by atoms with van der Waals surface area (Å²) in [5, 5.41) is 14.6. The van der Waals surface area contributed by atoms with Gasteiger partial charge in [0.15, 0.2) is 0 Å². The van der Waals surface area contributed by atoms with Gasteiger partial charge in [0, 0.05) is 40.6 Å². The molecule has 2 atom stereocenters. The van der Waals surface area contributed by atoms with Crippen LogP contribution in [0.25, 0.3) is 34.6 Å². The molecule has 0 saturated carbocycles. The molecule has 1 amide bonds. The molecule has 1 aromatic carbocycles. The number of benzene rings is 2. The van der Waals surface area contributed by atoms with Gasteiger partial charge in [-0.2, -0.15) is 0 Å². The predicted octanol–water partition coefficient (Wildman–Crippen LogP) is 1.59. The average molecular weight is 475 g/mol. The smallest absolute Gasteiger partial charge is 0.336 e. The van der Waals surface area contributed by atoms with Crippen LogP contribution in [-0.4, -0.2) is 63.2 Å². The quantitative estimate of drug-likeness (QED) is 0.561. The summed E-state index contributed by atoms with van der Waals surface area (Å²) in [7, 11) is 9.57. The lowest BCUT2D eigenvalue weighted by Crippen LogP contribution is -2.42. The van der Waals surface area contributed by atoms with Gasteiger partial charge in [-0.3, -0.25) is 4.79 Å². The van der Waals surface area contributed by atoms with Crippen LogP contribution < -0.4 is 25.9 Å². The molecule has 7 heteroatoms. The summed E-state index contributed by atoms with van der Waals surface area (Å²) >= 11 is 0. The molecule has 0 aromatic heterocycles. The van der Waals surface area contributed by atoms with Crippen LogP contribution in [0.15, 0.2) is 34.7 Å². The molecule has 1 aromatic rings. The first-order chi connectivity index (χ1) is 16.5. The molecule has 0 bridgehead atoms. The molecule has 7 nitrogen and oxygen atoms in total. The molecular formula is C28H32N3O4+. The fourth-order valence-electron chi connectivity index (χ4n) is 4.97.